The number of carbonyl (C=O) groups is 2. The van der Waals surface area contributed by atoms with Crippen molar-refractivity contribution in [2.24, 2.45) is 0 Å². The van der Waals surface area contributed by atoms with Gasteiger partial charge in [-0.2, -0.15) is 11.3 Å². The molecule has 0 fully saturated rings. The van der Waals surface area contributed by atoms with Gasteiger partial charge >= 0.3 is 0 Å². The number of rotatable bonds is 7. The zero-order valence-electron chi connectivity index (χ0n) is 13.3. The summed E-state index contributed by atoms with van der Waals surface area (Å²) in [5, 5.41) is 7.29. The fourth-order valence-corrected chi connectivity index (χ4v) is 4.11. The van der Waals surface area contributed by atoms with Gasteiger partial charge in [0.1, 0.15) is 5.75 Å². The molecular weight excluding hydrogens is 413 g/mol. The molecule has 8 heteroatoms. The number of benzene rings is 1. The van der Waals surface area contributed by atoms with Gasteiger partial charge in [-0.3, -0.25) is 9.59 Å². The van der Waals surface area contributed by atoms with Crippen molar-refractivity contribution < 1.29 is 14.3 Å². The van der Waals surface area contributed by atoms with E-state index in [2.05, 4.69) is 5.32 Å². The average Bonchev–Trinajstić information content (AvgIpc) is 3.30. The predicted molar refractivity (Wildman–Crippen MR) is 106 cm³/mol. The third kappa shape index (κ3) is 4.86. The largest absolute Gasteiger partial charge is 0.482 e. The first-order chi connectivity index (χ1) is 12.5. The number of ether oxygens (including phenoxy) is 1. The molecule has 0 aliphatic heterocycles. The van der Waals surface area contributed by atoms with E-state index in [0.29, 0.717) is 32.8 Å². The quantitative estimate of drug-likeness (QED) is 0.539. The summed E-state index contributed by atoms with van der Waals surface area (Å²) in [6.07, 6.45) is 0. The van der Waals surface area contributed by atoms with E-state index in [1.54, 1.807) is 30.3 Å². The Morgan fingerprint density at radius 3 is 2.69 bits per heavy atom. The van der Waals surface area contributed by atoms with Crippen LogP contribution in [0.2, 0.25) is 10.0 Å². The van der Waals surface area contributed by atoms with Crippen LogP contribution in [0.5, 0.6) is 5.75 Å². The minimum atomic E-state index is -0.282. The first-order valence-electron chi connectivity index (χ1n) is 7.53. The van der Waals surface area contributed by atoms with Crippen LogP contribution in [0.15, 0.2) is 47.2 Å². The molecule has 1 amide bonds. The van der Waals surface area contributed by atoms with Gasteiger partial charge in [0.2, 0.25) is 5.78 Å². The second-order valence-electron chi connectivity index (χ2n) is 5.25. The molecule has 0 atom stereocenters. The van der Waals surface area contributed by atoms with Gasteiger partial charge in [0, 0.05) is 20.8 Å². The van der Waals surface area contributed by atoms with Crippen molar-refractivity contribution in [3.8, 4) is 5.75 Å². The lowest BCUT2D eigenvalue weighted by Gasteiger charge is -2.08. The Kier molecular flexibility index (Phi) is 6.32. The molecule has 3 rings (SSSR count). The SMILES string of the molecule is O=C(COc1ccc(Cl)cc1Cl)NCc1ccc(C(=O)c2ccsc2)s1. The summed E-state index contributed by atoms with van der Waals surface area (Å²) in [6.45, 7) is 0.172. The van der Waals surface area contributed by atoms with E-state index >= 15 is 0 Å². The zero-order chi connectivity index (χ0) is 18.5. The Morgan fingerprint density at radius 1 is 1.12 bits per heavy atom. The highest BCUT2D eigenvalue weighted by Gasteiger charge is 2.13. The van der Waals surface area contributed by atoms with Crippen LogP contribution in [0.1, 0.15) is 20.1 Å². The topological polar surface area (TPSA) is 55.4 Å². The first kappa shape index (κ1) is 18.9. The molecule has 26 heavy (non-hydrogen) atoms. The molecule has 0 bridgehead atoms. The monoisotopic (exact) mass is 425 g/mol. The summed E-state index contributed by atoms with van der Waals surface area (Å²) in [7, 11) is 0. The van der Waals surface area contributed by atoms with Gasteiger partial charge in [0.05, 0.1) is 16.4 Å². The van der Waals surface area contributed by atoms with Crippen molar-refractivity contribution in [3.63, 3.8) is 0 Å². The third-order valence-corrected chi connectivity index (χ3v) is 5.68. The first-order valence-corrected chi connectivity index (χ1v) is 10.0. The molecule has 0 spiro atoms. The van der Waals surface area contributed by atoms with Crippen LogP contribution in [-0.2, 0) is 11.3 Å². The molecule has 0 unspecified atom stereocenters. The summed E-state index contributed by atoms with van der Waals surface area (Å²) >= 11 is 14.7. The van der Waals surface area contributed by atoms with Crippen molar-refractivity contribution in [1.82, 2.24) is 5.32 Å². The maximum Gasteiger partial charge on any atom is 0.258 e. The van der Waals surface area contributed by atoms with Crippen molar-refractivity contribution in [2.45, 2.75) is 6.54 Å². The van der Waals surface area contributed by atoms with Gasteiger partial charge in [-0.1, -0.05) is 23.2 Å². The Bertz CT molecular complexity index is 922. The lowest BCUT2D eigenvalue weighted by Crippen LogP contribution is -2.28. The molecule has 3 aromatic rings. The molecule has 134 valence electrons. The van der Waals surface area contributed by atoms with Crippen LogP contribution in [0.4, 0.5) is 0 Å². The highest BCUT2D eigenvalue weighted by molar-refractivity contribution is 7.14. The van der Waals surface area contributed by atoms with Gasteiger partial charge in [0.15, 0.2) is 6.61 Å². The Labute approximate surface area is 168 Å². The zero-order valence-corrected chi connectivity index (χ0v) is 16.5. The average molecular weight is 426 g/mol. The van der Waals surface area contributed by atoms with E-state index in [1.807, 2.05) is 16.8 Å². The highest BCUT2D eigenvalue weighted by atomic mass is 35.5. The van der Waals surface area contributed by atoms with Crippen LogP contribution in [0.25, 0.3) is 0 Å². The fourth-order valence-electron chi connectivity index (χ4n) is 2.10. The maximum atomic E-state index is 12.3. The summed E-state index contributed by atoms with van der Waals surface area (Å²) in [5.41, 5.74) is 0.681. The predicted octanol–water partition coefficient (Wildman–Crippen LogP) is 5.04. The molecule has 0 aliphatic carbocycles. The molecule has 2 aromatic heterocycles. The summed E-state index contributed by atoms with van der Waals surface area (Å²) in [5.74, 6) is 0.107. The number of hydrogen-bond acceptors (Lipinski definition) is 5. The number of amides is 1. The van der Waals surface area contributed by atoms with E-state index in [-0.39, 0.29) is 18.3 Å². The number of carbonyl (C=O) groups excluding carboxylic acids is 2. The van der Waals surface area contributed by atoms with Gasteiger partial charge in [-0.05, 0) is 41.8 Å². The smallest absolute Gasteiger partial charge is 0.258 e. The van der Waals surface area contributed by atoms with E-state index < -0.39 is 0 Å². The van der Waals surface area contributed by atoms with E-state index in [1.165, 1.54) is 22.7 Å². The van der Waals surface area contributed by atoms with Crippen molar-refractivity contribution in [3.05, 3.63) is 72.5 Å². The van der Waals surface area contributed by atoms with Crippen LogP contribution < -0.4 is 10.1 Å². The van der Waals surface area contributed by atoms with Crippen LogP contribution in [0, 0.1) is 0 Å². The molecule has 2 heterocycles. The molecule has 1 aromatic carbocycles. The van der Waals surface area contributed by atoms with Gasteiger partial charge < -0.3 is 10.1 Å². The van der Waals surface area contributed by atoms with E-state index in [4.69, 9.17) is 27.9 Å². The summed E-state index contributed by atoms with van der Waals surface area (Å²) in [6, 6.07) is 10.2. The fraction of sp³-hybridized carbons (Fsp3) is 0.111. The second-order valence-corrected chi connectivity index (χ2v) is 8.04. The molecule has 1 N–H and O–H groups in total. The van der Waals surface area contributed by atoms with Crippen LogP contribution in [-0.4, -0.2) is 18.3 Å². The minimum Gasteiger partial charge on any atom is -0.482 e. The van der Waals surface area contributed by atoms with Crippen LogP contribution >= 0.6 is 45.9 Å². The van der Waals surface area contributed by atoms with E-state index in [9.17, 15) is 9.59 Å². The lowest BCUT2D eigenvalue weighted by atomic mass is 10.2. The third-order valence-electron chi connectivity index (χ3n) is 3.38. The Balaban J connectivity index is 1.49. The van der Waals surface area contributed by atoms with Crippen LogP contribution in [0.3, 0.4) is 0 Å². The van der Waals surface area contributed by atoms with Crippen molar-refractivity contribution >= 4 is 57.6 Å². The Hall–Kier alpha value is -1.86. The highest BCUT2D eigenvalue weighted by Crippen LogP contribution is 2.27. The van der Waals surface area contributed by atoms with Crippen molar-refractivity contribution in [2.75, 3.05) is 6.61 Å². The lowest BCUT2D eigenvalue weighted by molar-refractivity contribution is -0.123. The molecule has 0 saturated heterocycles. The molecule has 4 nitrogen and oxygen atoms in total. The van der Waals surface area contributed by atoms with Gasteiger partial charge in [-0.15, -0.1) is 11.3 Å². The normalized spacial score (nSPS) is 10.5. The number of ketones is 1. The summed E-state index contributed by atoms with van der Waals surface area (Å²) < 4.78 is 5.38. The number of hydrogen-bond donors (Lipinski definition) is 1. The number of thiophene rings is 2. The minimum absolute atomic E-state index is 0.00506. The number of halogens is 2. The molecule has 0 aliphatic rings. The molecule has 0 saturated carbocycles. The maximum absolute atomic E-state index is 12.3. The second kappa shape index (κ2) is 8.68. The van der Waals surface area contributed by atoms with Gasteiger partial charge in [0.25, 0.3) is 5.91 Å². The van der Waals surface area contributed by atoms with Crippen molar-refractivity contribution in [1.29, 1.82) is 0 Å². The molecular formula is C18H13Cl2NO3S2. The van der Waals surface area contributed by atoms with Gasteiger partial charge in [-0.25, -0.2) is 0 Å². The summed E-state index contributed by atoms with van der Waals surface area (Å²) in [4.78, 5) is 25.7. The molecule has 0 radical (unpaired) electrons. The van der Waals surface area contributed by atoms with E-state index in [0.717, 1.165) is 4.88 Å². The standard InChI is InChI=1S/C18H13Cl2NO3S2/c19-12-1-3-15(14(20)7-12)24-9-17(22)21-8-13-2-4-16(26-13)18(23)11-5-6-25-10-11/h1-7,10H,8-9H2,(H,21,22). The number of nitrogens with one attached hydrogen (secondary N) is 1. The Morgan fingerprint density at radius 2 is 1.96 bits per heavy atom.